The van der Waals surface area contributed by atoms with Crippen molar-refractivity contribution in [3.63, 3.8) is 0 Å². The molecule has 0 fully saturated rings. The van der Waals surface area contributed by atoms with Gasteiger partial charge in [0.25, 0.3) is 0 Å². The number of hydrogen-bond acceptors (Lipinski definition) is 2. The summed E-state index contributed by atoms with van der Waals surface area (Å²) in [6.07, 6.45) is 8.12. The maximum Gasteiger partial charge on any atom is 0.120 e. The van der Waals surface area contributed by atoms with E-state index in [-0.39, 0.29) is 12.5 Å². The lowest BCUT2D eigenvalue weighted by Crippen LogP contribution is -2.12. The first-order valence-corrected chi connectivity index (χ1v) is 4.62. The third kappa shape index (κ3) is 4.86. The van der Waals surface area contributed by atoms with Crippen LogP contribution in [0.5, 0.6) is 0 Å². The van der Waals surface area contributed by atoms with E-state index < -0.39 is 6.10 Å². The van der Waals surface area contributed by atoms with Crippen molar-refractivity contribution in [1.29, 1.82) is 0 Å². The molecule has 0 aromatic carbocycles. The Kier molecular flexibility index (Phi) is 5.94. The standard InChI is InChI=1S/C12H18O2/c1-5-12(14)11(4)7-9(2)6-10(3)8-13/h1,6-7,11-14H,8H2,2-4H3/b9-7+,10-6+/t11-,12-/m1/s1. The van der Waals surface area contributed by atoms with E-state index in [1.165, 1.54) is 0 Å². The smallest absolute Gasteiger partial charge is 0.120 e. The second kappa shape index (κ2) is 6.42. The molecule has 2 nitrogen and oxygen atoms in total. The van der Waals surface area contributed by atoms with Crippen LogP contribution in [-0.2, 0) is 0 Å². The van der Waals surface area contributed by atoms with Crippen LogP contribution in [0.15, 0.2) is 23.3 Å². The molecule has 0 aliphatic carbocycles. The molecule has 0 saturated carbocycles. The monoisotopic (exact) mass is 194 g/mol. The molecule has 0 saturated heterocycles. The van der Waals surface area contributed by atoms with Gasteiger partial charge in [-0.3, -0.25) is 0 Å². The van der Waals surface area contributed by atoms with Crippen molar-refractivity contribution in [3.8, 4) is 12.3 Å². The van der Waals surface area contributed by atoms with E-state index in [2.05, 4.69) is 5.92 Å². The van der Waals surface area contributed by atoms with Gasteiger partial charge in [0.15, 0.2) is 0 Å². The fourth-order valence-corrected chi connectivity index (χ4v) is 1.14. The van der Waals surface area contributed by atoms with Gasteiger partial charge in [-0.05, 0) is 19.4 Å². The van der Waals surface area contributed by atoms with Gasteiger partial charge in [-0.2, -0.15) is 0 Å². The summed E-state index contributed by atoms with van der Waals surface area (Å²) in [7, 11) is 0. The van der Waals surface area contributed by atoms with Crippen LogP contribution in [0.4, 0.5) is 0 Å². The molecular weight excluding hydrogens is 176 g/mol. The molecule has 2 N–H and O–H groups in total. The van der Waals surface area contributed by atoms with Crippen LogP contribution in [-0.4, -0.2) is 22.9 Å². The Morgan fingerprint density at radius 2 is 2.07 bits per heavy atom. The minimum absolute atomic E-state index is 0.0528. The van der Waals surface area contributed by atoms with Gasteiger partial charge in [0.1, 0.15) is 6.10 Å². The Bertz CT molecular complexity index is 269. The maximum atomic E-state index is 9.32. The average Bonchev–Trinajstić information content (AvgIpc) is 2.15. The second-order valence-corrected chi connectivity index (χ2v) is 3.53. The highest BCUT2D eigenvalue weighted by molar-refractivity contribution is 5.22. The summed E-state index contributed by atoms with van der Waals surface area (Å²) in [5, 5.41) is 18.1. The molecule has 0 aromatic heterocycles. The first-order valence-electron chi connectivity index (χ1n) is 4.62. The Balaban J connectivity index is 4.46. The SMILES string of the molecule is C#C[C@@H](O)[C@H](C)/C=C(C)/C=C(\C)CO. The average molecular weight is 194 g/mol. The zero-order valence-electron chi connectivity index (χ0n) is 8.99. The molecule has 14 heavy (non-hydrogen) atoms. The summed E-state index contributed by atoms with van der Waals surface area (Å²) in [4.78, 5) is 0. The van der Waals surface area contributed by atoms with Crippen molar-refractivity contribution in [2.24, 2.45) is 5.92 Å². The van der Waals surface area contributed by atoms with Crippen LogP contribution < -0.4 is 0 Å². The minimum Gasteiger partial charge on any atom is -0.392 e. The molecular formula is C12H18O2. The molecule has 0 rings (SSSR count). The van der Waals surface area contributed by atoms with Crippen molar-refractivity contribution < 1.29 is 10.2 Å². The largest absolute Gasteiger partial charge is 0.392 e. The Morgan fingerprint density at radius 3 is 2.50 bits per heavy atom. The summed E-state index contributed by atoms with van der Waals surface area (Å²) in [5.41, 5.74) is 1.89. The molecule has 0 aliphatic heterocycles. The summed E-state index contributed by atoms with van der Waals surface area (Å²) >= 11 is 0. The molecule has 0 unspecified atom stereocenters. The van der Waals surface area contributed by atoms with Crippen LogP contribution in [0.3, 0.4) is 0 Å². The van der Waals surface area contributed by atoms with E-state index >= 15 is 0 Å². The highest BCUT2D eigenvalue weighted by Crippen LogP contribution is 2.09. The van der Waals surface area contributed by atoms with Gasteiger partial charge >= 0.3 is 0 Å². The van der Waals surface area contributed by atoms with Gasteiger partial charge in [0.05, 0.1) is 6.61 Å². The van der Waals surface area contributed by atoms with E-state index in [0.29, 0.717) is 0 Å². The number of hydrogen-bond donors (Lipinski definition) is 2. The lowest BCUT2D eigenvalue weighted by atomic mass is 10.0. The summed E-state index contributed by atoms with van der Waals surface area (Å²) < 4.78 is 0. The number of rotatable bonds is 4. The molecule has 0 heterocycles. The van der Waals surface area contributed by atoms with E-state index in [4.69, 9.17) is 11.5 Å². The van der Waals surface area contributed by atoms with Gasteiger partial charge in [-0.25, -0.2) is 0 Å². The van der Waals surface area contributed by atoms with E-state index in [0.717, 1.165) is 11.1 Å². The van der Waals surface area contributed by atoms with E-state index in [1.54, 1.807) is 0 Å². The highest BCUT2D eigenvalue weighted by atomic mass is 16.3. The lowest BCUT2D eigenvalue weighted by Gasteiger charge is -2.09. The fraction of sp³-hybridized carbons (Fsp3) is 0.500. The maximum absolute atomic E-state index is 9.32. The zero-order valence-corrected chi connectivity index (χ0v) is 8.99. The molecule has 2 atom stereocenters. The fourth-order valence-electron chi connectivity index (χ4n) is 1.14. The van der Waals surface area contributed by atoms with Crippen molar-refractivity contribution >= 4 is 0 Å². The highest BCUT2D eigenvalue weighted by Gasteiger charge is 2.07. The number of terminal acetylenes is 1. The second-order valence-electron chi connectivity index (χ2n) is 3.53. The molecule has 2 heteroatoms. The topological polar surface area (TPSA) is 40.5 Å². The minimum atomic E-state index is -0.743. The van der Waals surface area contributed by atoms with Crippen LogP contribution >= 0.6 is 0 Å². The Labute approximate surface area is 86.0 Å². The van der Waals surface area contributed by atoms with Gasteiger partial charge < -0.3 is 10.2 Å². The van der Waals surface area contributed by atoms with Gasteiger partial charge in [-0.15, -0.1) is 6.42 Å². The van der Waals surface area contributed by atoms with E-state index in [9.17, 15) is 5.11 Å². The third-order valence-corrected chi connectivity index (χ3v) is 1.92. The van der Waals surface area contributed by atoms with Gasteiger partial charge in [0.2, 0.25) is 0 Å². The van der Waals surface area contributed by atoms with Crippen LogP contribution in [0.1, 0.15) is 20.8 Å². The Hall–Kier alpha value is -1.04. The van der Waals surface area contributed by atoms with Crippen LogP contribution in [0.25, 0.3) is 0 Å². The molecule has 0 aromatic rings. The van der Waals surface area contributed by atoms with Crippen molar-refractivity contribution in [3.05, 3.63) is 23.3 Å². The van der Waals surface area contributed by atoms with Gasteiger partial charge in [-0.1, -0.05) is 30.6 Å². The van der Waals surface area contributed by atoms with E-state index in [1.807, 2.05) is 32.9 Å². The van der Waals surface area contributed by atoms with Crippen molar-refractivity contribution in [2.45, 2.75) is 26.9 Å². The molecule has 0 radical (unpaired) electrons. The van der Waals surface area contributed by atoms with Crippen LogP contribution in [0.2, 0.25) is 0 Å². The first-order chi connectivity index (χ1) is 6.51. The Morgan fingerprint density at radius 1 is 1.50 bits per heavy atom. The summed E-state index contributed by atoms with van der Waals surface area (Å²) in [6, 6.07) is 0. The third-order valence-electron chi connectivity index (χ3n) is 1.92. The van der Waals surface area contributed by atoms with Crippen molar-refractivity contribution in [2.75, 3.05) is 6.61 Å². The summed E-state index contributed by atoms with van der Waals surface area (Å²) in [6.45, 7) is 5.67. The molecule has 0 aliphatic rings. The molecule has 0 bridgehead atoms. The lowest BCUT2D eigenvalue weighted by molar-refractivity contribution is 0.194. The quantitative estimate of drug-likeness (QED) is 0.526. The zero-order chi connectivity index (χ0) is 11.1. The normalized spacial score (nSPS) is 17.4. The predicted octanol–water partition coefficient (Wildman–Crippen LogP) is 1.50. The molecule has 78 valence electrons. The molecule has 0 amide bonds. The summed E-state index contributed by atoms with van der Waals surface area (Å²) in [5.74, 6) is 2.21. The number of aliphatic hydroxyl groups excluding tert-OH is 2. The molecule has 0 spiro atoms. The number of allylic oxidation sites excluding steroid dienone is 2. The predicted molar refractivity (Wildman–Crippen MR) is 58.6 cm³/mol. The number of aliphatic hydroxyl groups is 2. The van der Waals surface area contributed by atoms with Crippen LogP contribution in [0, 0.1) is 18.3 Å². The first kappa shape index (κ1) is 13.0. The van der Waals surface area contributed by atoms with Gasteiger partial charge in [0, 0.05) is 5.92 Å². The van der Waals surface area contributed by atoms with Crippen molar-refractivity contribution in [1.82, 2.24) is 0 Å².